The molecule has 1 saturated carbocycles. The van der Waals surface area contributed by atoms with Crippen molar-refractivity contribution < 1.29 is 14.0 Å². The fourth-order valence-corrected chi connectivity index (χ4v) is 2.42. The minimum atomic E-state index is -0.536. The molecule has 1 fully saturated rings. The van der Waals surface area contributed by atoms with Crippen molar-refractivity contribution in [3.63, 3.8) is 0 Å². The quantitative estimate of drug-likeness (QED) is 0.780. The van der Waals surface area contributed by atoms with Crippen LogP contribution in [0.3, 0.4) is 0 Å². The smallest absolute Gasteiger partial charge is 0.231 e. The Labute approximate surface area is 115 Å². The molecular formula is C14H16FN3O2. The third-order valence-electron chi connectivity index (χ3n) is 4.06. The first-order valence-corrected chi connectivity index (χ1v) is 6.68. The lowest BCUT2D eigenvalue weighted by atomic mass is 10.0. The lowest BCUT2D eigenvalue weighted by Gasteiger charge is -2.19. The van der Waals surface area contributed by atoms with E-state index < -0.39 is 11.2 Å². The molecule has 3 rings (SSSR count). The highest BCUT2D eigenvalue weighted by atomic mass is 19.1. The van der Waals surface area contributed by atoms with Crippen molar-refractivity contribution in [1.29, 1.82) is 0 Å². The van der Waals surface area contributed by atoms with Crippen molar-refractivity contribution >= 4 is 23.2 Å². The van der Waals surface area contributed by atoms with Gasteiger partial charge in [0, 0.05) is 18.7 Å². The van der Waals surface area contributed by atoms with Gasteiger partial charge in [-0.2, -0.15) is 0 Å². The van der Waals surface area contributed by atoms with Crippen LogP contribution >= 0.6 is 0 Å². The minimum absolute atomic E-state index is 0.0932. The highest BCUT2D eigenvalue weighted by Crippen LogP contribution is 2.45. The third kappa shape index (κ3) is 2.16. The van der Waals surface area contributed by atoms with Gasteiger partial charge in [0.25, 0.3) is 0 Å². The summed E-state index contributed by atoms with van der Waals surface area (Å²) in [5.74, 6) is -0.830. The van der Waals surface area contributed by atoms with Crippen molar-refractivity contribution in [3.05, 3.63) is 23.5 Å². The number of hydrogen-bond acceptors (Lipinski definition) is 3. The highest BCUT2D eigenvalue weighted by molar-refractivity contribution is 5.99. The predicted octanol–water partition coefficient (Wildman–Crippen LogP) is 1.39. The first kappa shape index (κ1) is 13.1. The molecule has 6 heteroatoms. The van der Waals surface area contributed by atoms with Crippen LogP contribution in [0.1, 0.15) is 24.8 Å². The Morgan fingerprint density at radius 2 is 2.15 bits per heavy atom. The molecule has 0 radical (unpaired) electrons. The van der Waals surface area contributed by atoms with E-state index in [1.54, 1.807) is 0 Å². The molecule has 0 saturated heterocycles. The summed E-state index contributed by atoms with van der Waals surface area (Å²) in [5, 5.41) is 5.27. The average Bonchev–Trinajstić information content (AvgIpc) is 3.21. The number of anilines is 2. The van der Waals surface area contributed by atoms with E-state index in [0.29, 0.717) is 18.5 Å². The second-order valence-electron chi connectivity index (χ2n) is 5.48. The van der Waals surface area contributed by atoms with Crippen LogP contribution in [-0.4, -0.2) is 18.4 Å². The van der Waals surface area contributed by atoms with Crippen LogP contribution in [-0.2, 0) is 16.0 Å². The van der Waals surface area contributed by atoms with Crippen molar-refractivity contribution in [2.24, 2.45) is 11.1 Å². The number of hydrogen-bond donors (Lipinski definition) is 3. The molecule has 0 aromatic heterocycles. The summed E-state index contributed by atoms with van der Waals surface area (Å²) in [6.45, 7) is 0.266. The molecular weight excluding hydrogens is 261 g/mol. The zero-order chi connectivity index (χ0) is 14.3. The van der Waals surface area contributed by atoms with Gasteiger partial charge < -0.3 is 16.4 Å². The highest BCUT2D eigenvalue weighted by Gasteiger charge is 2.48. The number of carbonyl (C=O) groups excluding carboxylic acids is 2. The van der Waals surface area contributed by atoms with E-state index in [4.69, 9.17) is 5.73 Å². The number of nitrogens with one attached hydrogen (secondary N) is 2. The van der Waals surface area contributed by atoms with Crippen molar-refractivity contribution in [1.82, 2.24) is 0 Å². The first-order chi connectivity index (χ1) is 9.54. The van der Waals surface area contributed by atoms with Gasteiger partial charge in [0.15, 0.2) is 0 Å². The van der Waals surface area contributed by atoms with Crippen LogP contribution in [0.5, 0.6) is 0 Å². The second-order valence-corrected chi connectivity index (χ2v) is 5.48. The van der Waals surface area contributed by atoms with Gasteiger partial charge in [-0.05, 0) is 37.0 Å². The molecule has 0 spiro atoms. The number of nitrogens with two attached hydrogens (primary N) is 1. The first-order valence-electron chi connectivity index (χ1n) is 6.68. The third-order valence-corrected chi connectivity index (χ3v) is 4.06. The van der Waals surface area contributed by atoms with Crippen LogP contribution in [0.4, 0.5) is 15.8 Å². The summed E-state index contributed by atoms with van der Waals surface area (Å²) >= 11 is 0. The summed E-state index contributed by atoms with van der Waals surface area (Å²) < 4.78 is 14.0. The molecule has 106 valence electrons. The molecule has 2 aliphatic rings. The second kappa shape index (κ2) is 4.56. The number of fused-ring (bicyclic) bond motifs is 1. The zero-order valence-corrected chi connectivity index (χ0v) is 11.0. The Morgan fingerprint density at radius 3 is 2.80 bits per heavy atom. The molecule has 1 aromatic carbocycles. The molecule has 0 atom stereocenters. The van der Waals surface area contributed by atoms with Crippen LogP contribution < -0.4 is 16.4 Å². The van der Waals surface area contributed by atoms with Gasteiger partial charge in [0.1, 0.15) is 5.82 Å². The molecule has 1 aromatic rings. The molecule has 5 nitrogen and oxygen atoms in total. The predicted molar refractivity (Wildman–Crippen MR) is 72.7 cm³/mol. The summed E-state index contributed by atoms with van der Waals surface area (Å²) in [6.07, 6.45) is 2.34. The maximum atomic E-state index is 14.0. The lowest BCUT2D eigenvalue weighted by Crippen LogP contribution is -2.31. The van der Waals surface area contributed by atoms with Crippen molar-refractivity contribution in [3.8, 4) is 0 Å². The van der Waals surface area contributed by atoms with E-state index in [1.807, 2.05) is 0 Å². The van der Waals surface area contributed by atoms with Crippen molar-refractivity contribution in [2.45, 2.75) is 25.7 Å². The number of amides is 2. The molecule has 0 unspecified atom stereocenters. The average molecular weight is 277 g/mol. The molecule has 0 bridgehead atoms. The van der Waals surface area contributed by atoms with Crippen LogP contribution in [0.2, 0.25) is 0 Å². The van der Waals surface area contributed by atoms with E-state index in [2.05, 4.69) is 10.6 Å². The summed E-state index contributed by atoms with van der Waals surface area (Å²) in [6, 6.07) is 2.85. The number of aryl methyl sites for hydroxylation is 1. The standard InChI is InChI=1S/C14H16FN3O2/c15-9-5-8-1-2-12(19)17-10(8)6-11(9)18-13(20)14(7-16)3-4-14/h5-6H,1-4,7,16H2,(H,17,19)(H,18,20). The molecule has 1 aliphatic carbocycles. The van der Waals surface area contributed by atoms with Gasteiger partial charge in [-0.1, -0.05) is 0 Å². The Balaban J connectivity index is 1.85. The van der Waals surface area contributed by atoms with E-state index in [0.717, 1.165) is 18.4 Å². The van der Waals surface area contributed by atoms with Crippen molar-refractivity contribution in [2.75, 3.05) is 17.2 Å². The Kier molecular flexibility index (Phi) is 2.97. The Hall–Kier alpha value is -1.95. The van der Waals surface area contributed by atoms with Gasteiger partial charge in [-0.25, -0.2) is 4.39 Å². The molecule has 4 N–H and O–H groups in total. The topological polar surface area (TPSA) is 84.2 Å². The lowest BCUT2D eigenvalue weighted by molar-refractivity contribution is -0.120. The van der Waals surface area contributed by atoms with Crippen LogP contribution in [0.25, 0.3) is 0 Å². The number of halogens is 1. The zero-order valence-electron chi connectivity index (χ0n) is 11.0. The maximum Gasteiger partial charge on any atom is 0.231 e. The van der Waals surface area contributed by atoms with Gasteiger partial charge in [-0.15, -0.1) is 0 Å². The molecule has 1 heterocycles. The fourth-order valence-electron chi connectivity index (χ4n) is 2.42. The summed E-state index contributed by atoms with van der Waals surface area (Å²) in [5.41, 5.74) is 6.45. The molecule has 2 amide bonds. The van der Waals surface area contributed by atoms with Gasteiger partial charge in [-0.3, -0.25) is 9.59 Å². The Morgan fingerprint density at radius 1 is 1.40 bits per heavy atom. The van der Waals surface area contributed by atoms with E-state index in [-0.39, 0.29) is 24.0 Å². The van der Waals surface area contributed by atoms with Crippen LogP contribution in [0, 0.1) is 11.2 Å². The van der Waals surface area contributed by atoms with Gasteiger partial charge >= 0.3 is 0 Å². The minimum Gasteiger partial charge on any atom is -0.329 e. The number of benzene rings is 1. The normalized spacial score (nSPS) is 19.0. The monoisotopic (exact) mass is 277 g/mol. The van der Waals surface area contributed by atoms with E-state index >= 15 is 0 Å². The fraction of sp³-hybridized carbons (Fsp3) is 0.429. The number of carbonyl (C=O) groups is 2. The molecule has 1 aliphatic heterocycles. The molecule has 20 heavy (non-hydrogen) atoms. The van der Waals surface area contributed by atoms with Gasteiger partial charge in [0.05, 0.1) is 11.1 Å². The maximum absolute atomic E-state index is 14.0. The Bertz CT molecular complexity index is 596. The summed E-state index contributed by atoms with van der Waals surface area (Å²) in [7, 11) is 0. The largest absolute Gasteiger partial charge is 0.329 e. The van der Waals surface area contributed by atoms with Gasteiger partial charge in [0.2, 0.25) is 11.8 Å². The summed E-state index contributed by atoms with van der Waals surface area (Å²) in [4.78, 5) is 23.4. The SMILES string of the molecule is NCC1(C(=O)Nc2cc3c(cc2F)CCC(=O)N3)CC1. The van der Waals surface area contributed by atoms with E-state index in [1.165, 1.54) is 12.1 Å². The van der Waals surface area contributed by atoms with Crippen LogP contribution in [0.15, 0.2) is 12.1 Å². The number of rotatable bonds is 3. The van der Waals surface area contributed by atoms with E-state index in [9.17, 15) is 14.0 Å².